The number of fused-ring (bicyclic) bond motifs is 1. The lowest BCUT2D eigenvalue weighted by Gasteiger charge is -2.21. The van der Waals surface area contributed by atoms with E-state index in [0.717, 1.165) is 49.8 Å². The van der Waals surface area contributed by atoms with Crippen LogP contribution in [0.2, 0.25) is 0 Å². The van der Waals surface area contributed by atoms with Gasteiger partial charge >= 0.3 is 0 Å². The van der Waals surface area contributed by atoms with Crippen molar-refractivity contribution in [3.05, 3.63) is 17.0 Å². The van der Waals surface area contributed by atoms with Crippen molar-refractivity contribution < 1.29 is 9.90 Å². The summed E-state index contributed by atoms with van der Waals surface area (Å²) in [6.45, 7) is 3.24. The zero-order valence-corrected chi connectivity index (χ0v) is 12.3. The molecular formula is C15H25N3O2. The number of hydrogen-bond acceptors (Lipinski definition) is 3. The molecule has 1 aliphatic carbocycles. The van der Waals surface area contributed by atoms with Crippen molar-refractivity contribution >= 4 is 5.91 Å². The molecule has 0 fully saturated rings. The van der Waals surface area contributed by atoms with Crippen molar-refractivity contribution in [1.82, 2.24) is 15.1 Å². The Hall–Kier alpha value is -1.36. The molecule has 0 unspecified atom stereocenters. The molecule has 0 atom stereocenters. The highest BCUT2D eigenvalue weighted by Crippen LogP contribution is 2.23. The minimum Gasteiger partial charge on any atom is -0.395 e. The molecule has 0 spiro atoms. The number of unbranched alkanes of at least 4 members (excludes halogenated alkanes) is 2. The molecule has 2 N–H and O–H groups in total. The molecular weight excluding hydrogens is 254 g/mol. The van der Waals surface area contributed by atoms with Gasteiger partial charge in [-0.3, -0.25) is 9.89 Å². The Labute approximate surface area is 120 Å². The highest BCUT2D eigenvalue weighted by molar-refractivity contribution is 5.94. The van der Waals surface area contributed by atoms with E-state index in [2.05, 4.69) is 17.1 Å². The summed E-state index contributed by atoms with van der Waals surface area (Å²) in [7, 11) is 0. The maximum absolute atomic E-state index is 12.6. The monoisotopic (exact) mass is 279 g/mol. The average molecular weight is 279 g/mol. The largest absolute Gasteiger partial charge is 0.395 e. The van der Waals surface area contributed by atoms with Crippen LogP contribution in [-0.4, -0.2) is 45.8 Å². The van der Waals surface area contributed by atoms with E-state index in [1.165, 1.54) is 6.42 Å². The van der Waals surface area contributed by atoms with Gasteiger partial charge in [0.15, 0.2) is 5.69 Å². The van der Waals surface area contributed by atoms with Crippen LogP contribution in [0.15, 0.2) is 0 Å². The summed E-state index contributed by atoms with van der Waals surface area (Å²) in [5.41, 5.74) is 2.79. The molecule has 112 valence electrons. The Bertz CT molecular complexity index is 442. The molecule has 1 amide bonds. The summed E-state index contributed by atoms with van der Waals surface area (Å²) in [5.74, 6) is -0.0328. The number of amides is 1. The Morgan fingerprint density at radius 1 is 1.30 bits per heavy atom. The summed E-state index contributed by atoms with van der Waals surface area (Å²) < 4.78 is 0. The van der Waals surface area contributed by atoms with E-state index < -0.39 is 0 Å². The standard InChI is InChI=1S/C15H25N3O2/c1-2-3-6-9-18(10-11-19)15(20)14-12-7-4-5-8-13(12)16-17-14/h19H,2-11H2,1H3,(H,16,17). The number of rotatable bonds is 7. The van der Waals surface area contributed by atoms with Gasteiger partial charge in [-0.1, -0.05) is 19.8 Å². The summed E-state index contributed by atoms with van der Waals surface area (Å²) >= 11 is 0. The first-order valence-corrected chi connectivity index (χ1v) is 7.74. The third kappa shape index (κ3) is 3.39. The molecule has 0 radical (unpaired) electrons. The van der Waals surface area contributed by atoms with E-state index in [0.29, 0.717) is 18.8 Å². The molecule has 5 nitrogen and oxygen atoms in total. The first kappa shape index (κ1) is 15.0. The van der Waals surface area contributed by atoms with Crippen molar-refractivity contribution in [2.45, 2.75) is 51.9 Å². The van der Waals surface area contributed by atoms with Gasteiger partial charge in [-0.25, -0.2) is 0 Å². The molecule has 1 aliphatic rings. The van der Waals surface area contributed by atoms with E-state index in [-0.39, 0.29) is 12.5 Å². The number of aliphatic hydroxyl groups is 1. The molecule has 1 aromatic rings. The van der Waals surface area contributed by atoms with Gasteiger partial charge in [0.25, 0.3) is 5.91 Å². The van der Waals surface area contributed by atoms with Crippen molar-refractivity contribution in [3.63, 3.8) is 0 Å². The second-order valence-corrected chi connectivity index (χ2v) is 5.46. The minimum absolute atomic E-state index is 0.00444. The molecule has 0 bridgehead atoms. The number of carbonyl (C=O) groups excluding carboxylic acids is 1. The Morgan fingerprint density at radius 3 is 2.85 bits per heavy atom. The lowest BCUT2D eigenvalue weighted by Crippen LogP contribution is -2.35. The zero-order valence-electron chi connectivity index (χ0n) is 12.3. The third-order valence-corrected chi connectivity index (χ3v) is 3.95. The predicted molar refractivity (Wildman–Crippen MR) is 77.7 cm³/mol. The molecule has 0 aliphatic heterocycles. The van der Waals surface area contributed by atoms with Crippen LogP contribution in [0.25, 0.3) is 0 Å². The van der Waals surface area contributed by atoms with Crippen LogP contribution in [-0.2, 0) is 12.8 Å². The highest BCUT2D eigenvalue weighted by Gasteiger charge is 2.25. The fourth-order valence-corrected chi connectivity index (χ4v) is 2.80. The van der Waals surface area contributed by atoms with E-state index in [1.807, 2.05) is 0 Å². The van der Waals surface area contributed by atoms with Crippen LogP contribution in [0.3, 0.4) is 0 Å². The Kier molecular flexibility index (Phi) is 5.59. The fraction of sp³-hybridized carbons (Fsp3) is 0.733. The summed E-state index contributed by atoms with van der Waals surface area (Å²) in [6, 6.07) is 0. The van der Waals surface area contributed by atoms with Gasteiger partial charge in [0.2, 0.25) is 0 Å². The lowest BCUT2D eigenvalue weighted by molar-refractivity contribution is 0.0711. The minimum atomic E-state index is -0.0328. The van der Waals surface area contributed by atoms with Gasteiger partial charge < -0.3 is 10.0 Å². The lowest BCUT2D eigenvalue weighted by atomic mass is 9.95. The van der Waals surface area contributed by atoms with Gasteiger partial charge in [-0.05, 0) is 32.1 Å². The summed E-state index contributed by atoms with van der Waals surface area (Å²) in [6.07, 6.45) is 7.43. The number of aromatic nitrogens is 2. The van der Waals surface area contributed by atoms with Gasteiger partial charge in [-0.15, -0.1) is 0 Å². The second kappa shape index (κ2) is 7.43. The first-order valence-electron chi connectivity index (χ1n) is 7.74. The van der Waals surface area contributed by atoms with Crippen LogP contribution < -0.4 is 0 Å². The number of aliphatic hydroxyl groups excluding tert-OH is 1. The van der Waals surface area contributed by atoms with Crippen LogP contribution in [0.1, 0.15) is 60.8 Å². The highest BCUT2D eigenvalue weighted by atomic mass is 16.3. The van der Waals surface area contributed by atoms with Gasteiger partial charge in [0.1, 0.15) is 0 Å². The molecule has 2 rings (SSSR count). The smallest absolute Gasteiger partial charge is 0.274 e. The van der Waals surface area contributed by atoms with Crippen LogP contribution in [0.4, 0.5) is 0 Å². The quantitative estimate of drug-likeness (QED) is 0.749. The number of carbonyl (C=O) groups is 1. The third-order valence-electron chi connectivity index (χ3n) is 3.95. The van der Waals surface area contributed by atoms with Crippen LogP contribution in [0, 0.1) is 0 Å². The molecule has 20 heavy (non-hydrogen) atoms. The average Bonchev–Trinajstić information content (AvgIpc) is 2.90. The predicted octanol–water partition coefficient (Wildman–Crippen LogP) is 1.91. The summed E-state index contributed by atoms with van der Waals surface area (Å²) in [5, 5.41) is 16.4. The molecule has 5 heteroatoms. The number of aromatic amines is 1. The second-order valence-electron chi connectivity index (χ2n) is 5.46. The number of nitrogens with one attached hydrogen (secondary N) is 1. The van der Waals surface area contributed by atoms with Gasteiger partial charge in [-0.2, -0.15) is 5.10 Å². The zero-order chi connectivity index (χ0) is 14.4. The van der Waals surface area contributed by atoms with Crippen LogP contribution in [0.5, 0.6) is 0 Å². The maximum atomic E-state index is 12.6. The van der Waals surface area contributed by atoms with Crippen molar-refractivity contribution in [1.29, 1.82) is 0 Å². The SMILES string of the molecule is CCCCCN(CCO)C(=O)c1n[nH]c2c1CCCC2. The topological polar surface area (TPSA) is 69.2 Å². The van der Waals surface area contributed by atoms with Gasteiger partial charge in [0.05, 0.1) is 6.61 Å². The van der Waals surface area contributed by atoms with E-state index in [1.54, 1.807) is 4.90 Å². The number of aryl methyl sites for hydroxylation is 1. The Morgan fingerprint density at radius 2 is 2.10 bits per heavy atom. The van der Waals surface area contributed by atoms with E-state index in [4.69, 9.17) is 5.11 Å². The van der Waals surface area contributed by atoms with Crippen molar-refractivity contribution in [2.24, 2.45) is 0 Å². The number of nitrogens with zero attached hydrogens (tertiary/aromatic N) is 2. The number of H-pyrrole nitrogens is 1. The molecule has 0 aromatic carbocycles. The molecule has 0 saturated heterocycles. The summed E-state index contributed by atoms with van der Waals surface area (Å²) in [4.78, 5) is 14.3. The molecule has 1 aromatic heterocycles. The van der Waals surface area contributed by atoms with E-state index in [9.17, 15) is 4.79 Å². The maximum Gasteiger partial charge on any atom is 0.274 e. The first-order chi connectivity index (χ1) is 9.77. The normalized spacial score (nSPS) is 14.1. The Balaban J connectivity index is 2.08. The van der Waals surface area contributed by atoms with Gasteiger partial charge in [0, 0.05) is 24.3 Å². The van der Waals surface area contributed by atoms with Crippen molar-refractivity contribution in [3.8, 4) is 0 Å². The van der Waals surface area contributed by atoms with E-state index >= 15 is 0 Å². The van der Waals surface area contributed by atoms with Crippen LogP contribution >= 0.6 is 0 Å². The fourth-order valence-electron chi connectivity index (χ4n) is 2.80. The molecule has 0 saturated carbocycles. The number of hydrogen-bond donors (Lipinski definition) is 2. The van der Waals surface area contributed by atoms with Crippen molar-refractivity contribution in [2.75, 3.05) is 19.7 Å². The molecule has 1 heterocycles.